The van der Waals surface area contributed by atoms with Crippen LogP contribution in [0.2, 0.25) is 0 Å². The van der Waals surface area contributed by atoms with Crippen LogP contribution in [0.3, 0.4) is 0 Å². The first-order chi connectivity index (χ1) is 14.1. The summed E-state index contributed by atoms with van der Waals surface area (Å²) in [7, 11) is 0. The van der Waals surface area contributed by atoms with Crippen molar-refractivity contribution in [2.45, 2.75) is 20.0 Å². The smallest absolute Gasteiger partial charge is 0.313 e. The van der Waals surface area contributed by atoms with Crippen molar-refractivity contribution in [3.05, 3.63) is 59.7 Å². The van der Waals surface area contributed by atoms with Crippen LogP contribution in [0.1, 0.15) is 18.1 Å². The molecule has 0 atom stereocenters. The van der Waals surface area contributed by atoms with Gasteiger partial charge in [0.1, 0.15) is 5.75 Å². The Morgan fingerprint density at radius 1 is 0.966 bits per heavy atom. The number of nitrogens with one attached hydrogen (secondary N) is 2. The fraction of sp³-hybridized carbons (Fsp3) is 0.364. The highest BCUT2D eigenvalue weighted by Gasteiger charge is 2.14. The van der Waals surface area contributed by atoms with Crippen LogP contribution in [-0.4, -0.2) is 49.6 Å². The van der Waals surface area contributed by atoms with Gasteiger partial charge in [0.15, 0.2) is 0 Å². The highest BCUT2D eigenvalue weighted by Crippen LogP contribution is 2.15. The van der Waals surface area contributed by atoms with Gasteiger partial charge in [-0.2, -0.15) is 0 Å². The van der Waals surface area contributed by atoms with Crippen molar-refractivity contribution in [2.75, 3.05) is 38.2 Å². The second kappa shape index (κ2) is 10.6. The fourth-order valence-corrected chi connectivity index (χ4v) is 3.03. The Balaban J connectivity index is 1.43. The normalized spacial score (nSPS) is 14.2. The number of benzene rings is 2. The monoisotopic (exact) mass is 397 g/mol. The van der Waals surface area contributed by atoms with Crippen LogP contribution >= 0.6 is 0 Å². The fourth-order valence-electron chi connectivity index (χ4n) is 3.03. The van der Waals surface area contributed by atoms with Gasteiger partial charge >= 0.3 is 11.8 Å². The number of ether oxygens (including phenoxy) is 2. The molecule has 2 aromatic carbocycles. The zero-order valence-corrected chi connectivity index (χ0v) is 16.6. The second-order valence-electron chi connectivity index (χ2n) is 6.80. The van der Waals surface area contributed by atoms with Crippen molar-refractivity contribution in [1.82, 2.24) is 10.2 Å². The lowest BCUT2D eigenvalue weighted by atomic mass is 10.1. The summed E-state index contributed by atoms with van der Waals surface area (Å²) in [4.78, 5) is 26.5. The molecule has 1 saturated heterocycles. The van der Waals surface area contributed by atoms with E-state index in [1.165, 1.54) is 5.56 Å². The number of carbonyl (C=O) groups is 2. The molecule has 2 aromatic rings. The largest absolute Gasteiger partial charge is 0.494 e. The summed E-state index contributed by atoms with van der Waals surface area (Å²) in [5, 5.41) is 5.23. The third kappa shape index (κ3) is 6.58. The van der Waals surface area contributed by atoms with Gasteiger partial charge in [0.05, 0.1) is 19.8 Å². The molecule has 0 spiro atoms. The maximum atomic E-state index is 12.1. The Bertz CT molecular complexity index is 800. The standard InChI is InChI=1S/C22H27N3O4/c1-2-29-20-9-7-19(8-10-20)24-22(27)21(26)23-15-17-3-5-18(6-4-17)16-25-11-13-28-14-12-25/h3-10H,2,11-16H2,1H3,(H,23,26)(H,24,27). The predicted molar refractivity (Wildman–Crippen MR) is 111 cm³/mol. The van der Waals surface area contributed by atoms with Crippen molar-refractivity contribution in [1.29, 1.82) is 0 Å². The van der Waals surface area contributed by atoms with Gasteiger partial charge in [-0.15, -0.1) is 0 Å². The van der Waals surface area contributed by atoms with Gasteiger partial charge < -0.3 is 20.1 Å². The zero-order valence-electron chi connectivity index (χ0n) is 16.6. The molecular formula is C22H27N3O4. The molecule has 0 radical (unpaired) electrons. The summed E-state index contributed by atoms with van der Waals surface area (Å²) in [6.07, 6.45) is 0. The molecule has 7 nitrogen and oxygen atoms in total. The van der Waals surface area contributed by atoms with E-state index in [4.69, 9.17) is 9.47 Å². The molecule has 0 bridgehead atoms. The first kappa shape index (κ1) is 20.8. The lowest BCUT2D eigenvalue weighted by molar-refractivity contribution is -0.136. The second-order valence-corrected chi connectivity index (χ2v) is 6.80. The predicted octanol–water partition coefficient (Wildman–Crippen LogP) is 2.17. The lowest BCUT2D eigenvalue weighted by Crippen LogP contribution is -2.35. The van der Waals surface area contributed by atoms with E-state index in [9.17, 15) is 9.59 Å². The van der Waals surface area contributed by atoms with Crippen LogP contribution in [-0.2, 0) is 27.4 Å². The summed E-state index contributed by atoms with van der Waals surface area (Å²) in [5.41, 5.74) is 2.70. The minimum atomic E-state index is -0.696. The summed E-state index contributed by atoms with van der Waals surface area (Å²) in [6.45, 7) is 7.11. The zero-order chi connectivity index (χ0) is 20.5. The van der Waals surface area contributed by atoms with Gasteiger partial charge in [0.2, 0.25) is 0 Å². The van der Waals surface area contributed by atoms with E-state index in [-0.39, 0.29) is 0 Å². The van der Waals surface area contributed by atoms with Gasteiger partial charge in [0, 0.05) is 31.9 Å². The molecule has 0 aromatic heterocycles. The Labute approximate surface area is 171 Å². The van der Waals surface area contributed by atoms with Crippen molar-refractivity contribution in [3.8, 4) is 5.75 Å². The van der Waals surface area contributed by atoms with Crippen LogP contribution < -0.4 is 15.4 Å². The molecule has 29 heavy (non-hydrogen) atoms. The molecule has 154 valence electrons. The maximum absolute atomic E-state index is 12.1. The molecule has 2 N–H and O–H groups in total. The molecule has 7 heteroatoms. The van der Waals surface area contributed by atoms with Crippen LogP contribution in [0.25, 0.3) is 0 Å². The summed E-state index contributed by atoms with van der Waals surface area (Å²) in [5.74, 6) is -0.651. The summed E-state index contributed by atoms with van der Waals surface area (Å²) >= 11 is 0. The van der Waals surface area contributed by atoms with Gasteiger partial charge in [0.25, 0.3) is 0 Å². The minimum Gasteiger partial charge on any atom is -0.494 e. The molecule has 2 amide bonds. The highest BCUT2D eigenvalue weighted by atomic mass is 16.5. The first-order valence-corrected chi connectivity index (χ1v) is 9.84. The van der Waals surface area contributed by atoms with Crippen molar-refractivity contribution >= 4 is 17.5 Å². The van der Waals surface area contributed by atoms with Gasteiger partial charge in [-0.3, -0.25) is 14.5 Å². The molecule has 0 aliphatic carbocycles. The average Bonchev–Trinajstić information content (AvgIpc) is 2.75. The van der Waals surface area contributed by atoms with E-state index >= 15 is 0 Å². The number of hydrogen-bond donors (Lipinski definition) is 2. The van der Waals surface area contributed by atoms with Gasteiger partial charge in [-0.1, -0.05) is 24.3 Å². The third-order valence-electron chi connectivity index (χ3n) is 4.62. The minimum absolute atomic E-state index is 0.299. The maximum Gasteiger partial charge on any atom is 0.313 e. The van der Waals surface area contributed by atoms with Gasteiger partial charge in [-0.25, -0.2) is 0 Å². The number of rotatable bonds is 7. The van der Waals surface area contributed by atoms with Crippen LogP contribution in [0, 0.1) is 0 Å². The van der Waals surface area contributed by atoms with E-state index in [0.29, 0.717) is 24.6 Å². The van der Waals surface area contributed by atoms with E-state index < -0.39 is 11.8 Å². The molecule has 1 aliphatic heterocycles. The van der Waals surface area contributed by atoms with Crippen molar-refractivity contribution in [3.63, 3.8) is 0 Å². The highest BCUT2D eigenvalue weighted by molar-refractivity contribution is 6.39. The number of anilines is 1. The number of carbonyl (C=O) groups excluding carboxylic acids is 2. The quantitative estimate of drug-likeness (QED) is 0.700. The Kier molecular flexibility index (Phi) is 7.61. The topological polar surface area (TPSA) is 79.9 Å². The SMILES string of the molecule is CCOc1ccc(NC(=O)C(=O)NCc2ccc(CN3CCOCC3)cc2)cc1. The van der Waals surface area contributed by atoms with Crippen LogP contribution in [0.4, 0.5) is 5.69 Å². The van der Waals surface area contributed by atoms with E-state index in [2.05, 4.69) is 27.7 Å². The number of amides is 2. The molecule has 3 rings (SSSR count). The molecule has 0 unspecified atom stereocenters. The lowest BCUT2D eigenvalue weighted by Gasteiger charge is -2.26. The average molecular weight is 397 g/mol. The number of hydrogen-bond acceptors (Lipinski definition) is 5. The molecule has 1 aliphatic rings. The molecule has 1 heterocycles. The van der Waals surface area contributed by atoms with Crippen molar-refractivity contribution < 1.29 is 19.1 Å². The van der Waals surface area contributed by atoms with Crippen molar-refractivity contribution in [2.24, 2.45) is 0 Å². The van der Waals surface area contributed by atoms with E-state index in [1.807, 2.05) is 19.1 Å². The third-order valence-corrected chi connectivity index (χ3v) is 4.62. The first-order valence-electron chi connectivity index (χ1n) is 9.84. The van der Waals surface area contributed by atoms with E-state index in [0.717, 1.165) is 38.4 Å². The van der Waals surface area contributed by atoms with Crippen LogP contribution in [0.5, 0.6) is 5.75 Å². The Hall–Kier alpha value is -2.90. The number of nitrogens with zero attached hydrogens (tertiary/aromatic N) is 1. The Morgan fingerprint density at radius 2 is 1.62 bits per heavy atom. The summed E-state index contributed by atoms with van der Waals surface area (Å²) in [6, 6.07) is 14.9. The Morgan fingerprint density at radius 3 is 2.28 bits per heavy atom. The summed E-state index contributed by atoms with van der Waals surface area (Å²) < 4.78 is 10.7. The van der Waals surface area contributed by atoms with Gasteiger partial charge in [-0.05, 0) is 42.3 Å². The number of morpholine rings is 1. The molecule has 0 saturated carbocycles. The molecule has 1 fully saturated rings. The van der Waals surface area contributed by atoms with E-state index in [1.54, 1.807) is 24.3 Å². The van der Waals surface area contributed by atoms with Crippen LogP contribution in [0.15, 0.2) is 48.5 Å². The molecular weight excluding hydrogens is 370 g/mol.